The Hall–Kier alpha value is -3.01. The molecular weight excluding hydrogens is 456 g/mol. The molecule has 7 nitrogen and oxygen atoms in total. The largest absolute Gasteiger partial charge is 0.383 e. The number of fused-ring (bicyclic) bond motifs is 1. The van der Waals surface area contributed by atoms with E-state index in [0.717, 1.165) is 11.1 Å². The number of amides is 1. The molecule has 170 valence electrons. The van der Waals surface area contributed by atoms with Crippen LogP contribution in [0.1, 0.15) is 29.7 Å². The van der Waals surface area contributed by atoms with Crippen LogP contribution in [0.2, 0.25) is 0 Å². The lowest BCUT2D eigenvalue weighted by molar-refractivity contribution is -0.122. The lowest BCUT2D eigenvalue weighted by Gasteiger charge is -2.18. The zero-order valence-electron chi connectivity index (χ0n) is 18.6. The molecule has 1 amide bonds. The highest BCUT2D eigenvalue weighted by atomic mass is 32.2. The number of nitrogens with one attached hydrogen (secondary N) is 1. The monoisotopic (exact) mass is 480 g/mol. The Kier molecular flexibility index (Phi) is 6.92. The van der Waals surface area contributed by atoms with E-state index in [1.807, 2.05) is 50.2 Å². The van der Waals surface area contributed by atoms with Gasteiger partial charge in [0.15, 0.2) is 0 Å². The Balaban J connectivity index is 1.81. The number of thioether (sulfide) groups is 1. The average Bonchev–Trinajstić information content (AvgIpc) is 3.08. The molecule has 1 saturated heterocycles. The second-order valence-corrected chi connectivity index (χ2v) is 9.34. The van der Waals surface area contributed by atoms with Gasteiger partial charge in [0, 0.05) is 19.3 Å². The first-order valence-corrected chi connectivity index (χ1v) is 11.7. The van der Waals surface area contributed by atoms with E-state index < -0.39 is 0 Å². The summed E-state index contributed by atoms with van der Waals surface area (Å²) < 4.78 is 7.03. The van der Waals surface area contributed by atoms with Crippen LogP contribution in [-0.4, -0.2) is 44.8 Å². The molecule has 0 aliphatic carbocycles. The van der Waals surface area contributed by atoms with Crippen LogP contribution in [0.5, 0.6) is 0 Å². The third-order valence-electron chi connectivity index (χ3n) is 5.41. The SMILES string of the molecule is COCCN1C(=O)/C(=C\c2c(N[C@@H](C)c3ccccc3)nc3c(C)cccn3c2=O)SC1=S. The predicted octanol–water partition coefficient (Wildman–Crippen LogP) is 4.02. The summed E-state index contributed by atoms with van der Waals surface area (Å²) in [6.45, 7) is 4.65. The fourth-order valence-corrected chi connectivity index (χ4v) is 4.88. The summed E-state index contributed by atoms with van der Waals surface area (Å²) >= 11 is 6.55. The minimum atomic E-state index is -0.256. The lowest BCUT2D eigenvalue weighted by Crippen LogP contribution is -2.31. The molecular formula is C24H24N4O3S2. The molecule has 0 unspecified atom stereocenters. The van der Waals surface area contributed by atoms with Crippen molar-refractivity contribution < 1.29 is 9.53 Å². The number of nitrogens with zero attached hydrogens (tertiary/aromatic N) is 3. The standard InChI is InChI=1S/C24H24N4O3S2/c1-15-8-7-11-27-21(15)26-20(25-16(2)17-9-5-4-6-10-17)18(22(27)29)14-19-23(30)28(12-13-31-3)24(32)33-19/h4-11,14,16,25H,12-13H2,1-3H3/b19-14+/t16-/m0/s1. The number of rotatable bonds is 7. The van der Waals surface area contributed by atoms with Crippen molar-refractivity contribution in [1.82, 2.24) is 14.3 Å². The van der Waals surface area contributed by atoms with Crippen molar-refractivity contribution in [3.63, 3.8) is 0 Å². The van der Waals surface area contributed by atoms with Crippen LogP contribution in [0, 0.1) is 6.92 Å². The molecule has 2 aromatic heterocycles. The zero-order chi connectivity index (χ0) is 23.5. The van der Waals surface area contributed by atoms with E-state index in [-0.39, 0.29) is 17.5 Å². The van der Waals surface area contributed by atoms with Gasteiger partial charge >= 0.3 is 0 Å². The minimum absolute atomic E-state index is 0.104. The minimum Gasteiger partial charge on any atom is -0.383 e. The van der Waals surface area contributed by atoms with Gasteiger partial charge in [-0.25, -0.2) is 4.98 Å². The van der Waals surface area contributed by atoms with Gasteiger partial charge in [0.25, 0.3) is 11.5 Å². The van der Waals surface area contributed by atoms with Gasteiger partial charge in [0.05, 0.1) is 23.6 Å². The normalized spacial score (nSPS) is 16.1. The van der Waals surface area contributed by atoms with Crippen LogP contribution in [0.3, 0.4) is 0 Å². The Morgan fingerprint density at radius 1 is 1.21 bits per heavy atom. The Bertz CT molecular complexity index is 1300. The molecule has 33 heavy (non-hydrogen) atoms. The number of anilines is 1. The maximum absolute atomic E-state index is 13.5. The van der Waals surface area contributed by atoms with Gasteiger partial charge in [-0.3, -0.25) is 18.9 Å². The van der Waals surface area contributed by atoms with Crippen LogP contribution in [0.4, 0.5) is 5.82 Å². The number of aromatic nitrogens is 2. The molecule has 1 aliphatic rings. The fraction of sp³-hybridized carbons (Fsp3) is 0.250. The molecule has 1 aromatic carbocycles. The topological polar surface area (TPSA) is 75.9 Å². The van der Waals surface area contributed by atoms with Crippen molar-refractivity contribution in [2.45, 2.75) is 19.9 Å². The predicted molar refractivity (Wildman–Crippen MR) is 136 cm³/mol. The van der Waals surface area contributed by atoms with Gasteiger partial charge in [-0.05, 0) is 37.1 Å². The molecule has 3 aromatic rings. The van der Waals surface area contributed by atoms with Crippen molar-refractivity contribution in [2.24, 2.45) is 0 Å². The third-order valence-corrected chi connectivity index (χ3v) is 6.78. The summed E-state index contributed by atoms with van der Waals surface area (Å²) in [4.78, 5) is 33.1. The molecule has 4 rings (SSSR count). The maximum Gasteiger partial charge on any atom is 0.267 e. The van der Waals surface area contributed by atoms with Crippen molar-refractivity contribution in [2.75, 3.05) is 25.6 Å². The molecule has 0 bridgehead atoms. The van der Waals surface area contributed by atoms with E-state index in [9.17, 15) is 9.59 Å². The van der Waals surface area contributed by atoms with Crippen LogP contribution < -0.4 is 10.9 Å². The molecule has 0 spiro atoms. The number of carbonyl (C=O) groups excluding carboxylic acids is 1. The summed E-state index contributed by atoms with van der Waals surface area (Å²) in [6.07, 6.45) is 3.28. The second-order valence-electron chi connectivity index (χ2n) is 7.67. The third kappa shape index (κ3) is 4.71. The molecule has 1 fully saturated rings. The van der Waals surface area contributed by atoms with Crippen molar-refractivity contribution in [1.29, 1.82) is 0 Å². The van der Waals surface area contributed by atoms with Gasteiger partial charge in [0.1, 0.15) is 15.8 Å². The number of pyridine rings is 1. The molecule has 3 heterocycles. The number of benzene rings is 1. The van der Waals surface area contributed by atoms with Crippen molar-refractivity contribution in [3.8, 4) is 0 Å². The van der Waals surface area contributed by atoms with Gasteiger partial charge in [-0.15, -0.1) is 0 Å². The van der Waals surface area contributed by atoms with Crippen LogP contribution >= 0.6 is 24.0 Å². The summed E-state index contributed by atoms with van der Waals surface area (Å²) in [5, 5.41) is 3.38. The highest BCUT2D eigenvalue weighted by Crippen LogP contribution is 2.33. The summed E-state index contributed by atoms with van der Waals surface area (Å²) in [6, 6.07) is 13.5. The molecule has 9 heteroatoms. The zero-order valence-corrected chi connectivity index (χ0v) is 20.2. The summed E-state index contributed by atoms with van der Waals surface area (Å²) in [5.41, 5.74) is 2.56. The smallest absolute Gasteiger partial charge is 0.267 e. The number of hydrogen-bond donors (Lipinski definition) is 1. The Morgan fingerprint density at radius 3 is 2.70 bits per heavy atom. The van der Waals surface area contributed by atoms with Crippen molar-refractivity contribution in [3.05, 3.63) is 80.6 Å². The molecule has 1 aliphatic heterocycles. The maximum atomic E-state index is 13.5. The number of aryl methyl sites for hydroxylation is 1. The quantitative estimate of drug-likeness (QED) is 0.404. The average molecular weight is 481 g/mol. The number of methoxy groups -OCH3 is 1. The van der Waals surface area contributed by atoms with Crippen LogP contribution in [0.25, 0.3) is 11.7 Å². The number of ether oxygens (including phenoxy) is 1. The number of hydrogen-bond acceptors (Lipinski definition) is 7. The fourth-order valence-electron chi connectivity index (χ4n) is 3.59. The highest BCUT2D eigenvalue weighted by Gasteiger charge is 2.32. The lowest BCUT2D eigenvalue weighted by atomic mass is 10.1. The number of carbonyl (C=O) groups is 1. The highest BCUT2D eigenvalue weighted by molar-refractivity contribution is 8.26. The van der Waals surface area contributed by atoms with E-state index in [4.69, 9.17) is 21.9 Å². The summed E-state index contributed by atoms with van der Waals surface area (Å²) in [7, 11) is 1.57. The Morgan fingerprint density at radius 2 is 1.97 bits per heavy atom. The van der Waals surface area contributed by atoms with Crippen LogP contribution in [0.15, 0.2) is 58.4 Å². The van der Waals surface area contributed by atoms with Crippen LogP contribution in [-0.2, 0) is 9.53 Å². The van der Waals surface area contributed by atoms with Gasteiger partial charge < -0.3 is 10.1 Å². The van der Waals surface area contributed by atoms with E-state index in [0.29, 0.717) is 39.4 Å². The second kappa shape index (κ2) is 9.86. The van der Waals surface area contributed by atoms with E-state index >= 15 is 0 Å². The molecule has 1 atom stereocenters. The van der Waals surface area contributed by atoms with E-state index in [2.05, 4.69) is 5.32 Å². The first kappa shape index (κ1) is 23.2. The van der Waals surface area contributed by atoms with Crippen molar-refractivity contribution >= 4 is 51.7 Å². The first-order valence-electron chi connectivity index (χ1n) is 10.5. The van der Waals surface area contributed by atoms with Gasteiger partial charge in [-0.1, -0.05) is 60.4 Å². The van der Waals surface area contributed by atoms with E-state index in [1.165, 1.54) is 21.1 Å². The molecule has 0 radical (unpaired) electrons. The number of thiocarbonyl (C=S) groups is 1. The van der Waals surface area contributed by atoms with E-state index in [1.54, 1.807) is 25.4 Å². The first-order chi connectivity index (χ1) is 15.9. The molecule has 1 N–H and O–H groups in total. The molecule has 0 saturated carbocycles. The Labute approximate surface area is 201 Å². The summed E-state index contributed by atoms with van der Waals surface area (Å²) in [5.74, 6) is 0.186. The van der Waals surface area contributed by atoms with Gasteiger partial charge in [-0.2, -0.15) is 0 Å². The van der Waals surface area contributed by atoms with Gasteiger partial charge in [0.2, 0.25) is 0 Å².